The van der Waals surface area contributed by atoms with Crippen LogP contribution in [0, 0.1) is 5.82 Å². The van der Waals surface area contributed by atoms with Crippen LogP contribution in [0.15, 0.2) is 58.8 Å². The maximum Gasteiger partial charge on any atom is 0.240 e. The molecule has 140 valence electrons. The van der Waals surface area contributed by atoms with Gasteiger partial charge in [0.1, 0.15) is 10.8 Å². The first-order chi connectivity index (χ1) is 12.9. The maximum atomic E-state index is 13.3. The number of halogens is 1. The zero-order valence-corrected chi connectivity index (χ0v) is 15.9. The van der Waals surface area contributed by atoms with Gasteiger partial charge < -0.3 is 5.32 Å². The van der Waals surface area contributed by atoms with Crippen molar-refractivity contribution in [1.82, 2.24) is 9.71 Å². The summed E-state index contributed by atoms with van der Waals surface area (Å²) in [6.07, 6.45) is 0.0579. The fourth-order valence-electron chi connectivity index (χ4n) is 2.35. The number of thiazole rings is 1. The highest BCUT2D eigenvalue weighted by molar-refractivity contribution is 7.89. The van der Waals surface area contributed by atoms with Crippen LogP contribution in [0.5, 0.6) is 0 Å². The minimum absolute atomic E-state index is 0.0579. The molecule has 0 aliphatic heterocycles. The number of nitrogens with one attached hydrogen (secondary N) is 2. The van der Waals surface area contributed by atoms with E-state index in [0.717, 1.165) is 0 Å². The molecule has 0 unspecified atom stereocenters. The number of carbonyl (C=O) groups is 1. The minimum atomic E-state index is -3.52. The van der Waals surface area contributed by atoms with Gasteiger partial charge in [0.15, 0.2) is 0 Å². The molecule has 6 nitrogen and oxygen atoms in total. The molecule has 1 aromatic heterocycles. The van der Waals surface area contributed by atoms with E-state index in [-0.39, 0.29) is 23.0 Å². The highest BCUT2D eigenvalue weighted by Crippen LogP contribution is 2.24. The molecule has 9 heteroatoms. The van der Waals surface area contributed by atoms with Crippen LogP contribution in [0.3, 0.4) is 0 Å². The van der Waals surface area contributed by atoms with Crippen LogP contribution in [-0.4, -0.2) is 26.4 Å². The van der Waals surface area contributed by atoms with Gasteiger partial charge >= 0.3 is 0 Å². The Kier molecular flexibility index (Phi) is 5.64. The Labute approximate surface area is 160 Å². The average molecular weight is 405 g/mol. The number of nitrogens with zero attached hydrogens (tertiary/aromatic N) is 1. The van der Waals surface area contributed by atoms with Gasteiger partial charge in [-0.2, -0.15) is 0 Å². The first-order valence-corrected chi connectivity index (χ1v) is 10.3. The molecule has 0 aliphatic rings. The Bertz CT molecular complexity index is 1060. The summed E-state index contributed by atoms with van der Waals surface area (Å²) >= 11 is 1.34. The van der Waals surface area contributed by atoms with E-state index in [0.29, 0.717) is 22.0 Å². The molecule has 2 N–H and O–H groups in total. The SMILES string of the molecule is CNS(=O)(=O)c1ccc(NC(=O)Cc2csc(-c3cccc(F)c3)n2)cc1. The van der Waals surface area contributed by atoms with E-state index in [9.17, 15) is 17.6 Å². The number of amides is 1. The van der Waals surface area contributed by atoms with Crippen molar-refractivity contribution in [1.29, 1.82) is 0 Å². The second-order valence-corrected chi connectivity index (χ2v) is 8.36. The topological polar surface area (TPSA) is 88.2 Å². The summed E-state index contributed by atoms with van der Waals surface area (Å²) in [5.74, 6) is -0.624. The summed E-state index contributed by atoms with van der Waals surface area (Å²) < 4.78 is 38.9. The Morgan fingerprint density at radius 2 is 1.93 bits per heavy atom. The largest absolute Gasteiger partial charge is 0.326 e. The van der Waals surface area contributed by atoms with Crippen molar-refractivity contribution in [2.24, 2.45) is 0 Å². The van der Waals surface area contributed by atoms with Gasteiger partial charge in [0.25, 0.3) is 0 Å². The number of rotatable bonds is 6. The van der Waals surface area contributed by atoms with Gasteiger partial charge in [0, 0.05) is 16.6 Å². The van der Waals surface area contributed by atoms with Gasteiger partial charge in [-0.1, -0.05) is 12.1 Å². The Morgan fingerprint density at radius 3 is 2.59 bits per heavy atom. The molecular weight excluding hydrogens is 389 g/mol. The Morgan fingerprint density at radius 1 is 1.19 bits per heavy atom. The van der Waals surface area contributed by atoms with Gasteiger partial charge in [-0.25, -0.2) is 22.5 Å². The lowest BCUT2D eigenvalue weighted by Gasteiger charge is -2.06. The summed E-state index contributed by atoms with van der Waals surface area (Å²) in [4.78, 5) is 16.7. The number of hydrogen-bond acceptors (Lipinski definition) is 5. The standard InChI is InChI=1S/C18H16FN3O3S2/c1-20-27(24,25)16-7-5-14(6-8-16)21-17(23)10-15-11-26-18(22-15)12-3-2-4-13(19)9-12/h2-9,11,20H,10H2,1H3,(H,21,23). The summed E-state index contributed by atoms with van der Waals surface area (Å²) in [6, 6.07) is 12.0. The monoisotopic (exact) mass is 405 g/mol. The summed E-state index contributed by atoms with van der Waals surface area (Å²) in [6.45, 7) is 0. The molecule has 0 spiro atoms. The van der Waals surface area contributed by atoms with Crippen LogP contribution in [0.4, 0.5) is 10.1 Å². The molecule has 3 aromatic rings. The lowest BCUT2D eigenvalue weighted by Crippen LogP contribution is -2.18. The van der Waals surface area contributed by atoms with E-state index in [2.05, 4.69) is 15.0 Å². The molecule has 0 atom stereocenters. The molecule has 0 radical (unpaired) electrons. The highest BCUT2D eigenvalue weighted by atomic mass is 32.2. The third kappa shape index (κ3) is 4.76. The van der Waals surface area contributed by atoms with Crippen molar-refractivity contribution in [2.75, 3.05) is 12.4 Å². The van der Waals surface area contributed by atoms with E-state index in [1.165, 1.54) is 54.8 Å². The van der Waals surface area contributed by atoms with E-state index in [4.69, 9.17) is 0 Å². The summed E-state index contributed by atoms with van der Waals surface area (Å²) in [5.41, 5.74) is 1.72. The quantitative estimate of drug-likeness (QED) is 0.660. The maximum absolute atomic E-state index is 13.3. The fraction of sp³-hybridized carbons (Fsp3) is 0.111. The molecule has 0 saturated carbocycles. The number of aromatic nitrogens is 1. The van der Waals surface area contributed by atoms with Crippen molar-refractivity contribution in [3.8, 4) is 10.6 Å². The zero-order chi connectivity index (χ0) is 19.4. The van der Waals surface area contributed by atoms with Gasteiger partial charge in [-0.3, -0.25) is 4.79 Å². The number of anilines is 1. The van der Waals surface area contributed by atoms with Crippen LogP contribution in [0.25, 0.3) is 10.6 Å². The van der Waals surface area contributed by atoms with Crippen LogP contribution >= 0.6 is 11.3 Å². The van der Waals surface area contributed by atoms with Gasteiger partial charge in [0.05, 0.1) is 17.0 Å². The first kappa shape index (κ1) is 19.2. The average Bonchev–Trinajstić information content (AvgIpc) is 3.10. The van der Waals surface area contributed by atoms with Crippen molar-refractivity contribution in [3.63, 3.8) is 0 Å². The van der Waals surface area contributed by atoms with Crippen LogP contribution in [-0.2, 0) is 21.2 Å². The van der Waals surface area contributed by atoms with Crippen molar-refractivity contribution >= 4 is 33.0 Å². The second kappa shape index (κ2) is 7.95. The molecular formula is C18H16FN3O3S2. The fourth-order valence-corrected chi connectivity index (χ4v) is 3.89. The summed E-state index contributed by atoms with van der Waals surface area (Å²) in [5, 5.41) is 5.09. The first-order valence-electron chi connectivity index (χ1n) is 7.91. The lowest BCUT2D eigenvalue weighted by molar-refractivity contribution is -0.115. The second-order valence-electron chi connectivity index (χ2n) is 5.61. The van der Waals surface area contributed by atoms with Gasteiger partial charge in [0.2, 0.25) is 15.9 Å². The molecule has 0 fully saturated rings. The number of carbonyl (C=O) groups excluding carboxylic acids is 1. The molecule has 1 heterocycles. The van der Waals surface area contributed by atoms with E-state index < -0.39 is 10.0 Å². The number of benzene rings is 2. The van der Waals surface area contributed by atoms with Crippen LogP contribution in [0.1, 0.15) is 5.69 Å². The molecule has 0 aliphatic carbocycles. The zero-order valence-electron chi connectivity index (χ0n) is 14.3. The normalized spacial score (nSPS) is 11.3. The Hall–Kier alpha value is -2.62. The predicted molar refractivity (Wildman–Crippen MR) is 103 cm³/mol. The number of hydrogen-bond donors (Lipinski definition) is 2. The smallest absolute Gasteiger partial charge is 0.240 e. The molecule has 2 aromatic carbocycles. The van der Waals surface area contributed by atoms with Crippen LogP contribution < -0.4 is 10.0 Å². The predicted octanol–water partition coefficient (Wildman–Crippen LogP) is 3.04. The molecule has 27 heavy (non-hydrogen) atoms. The Balaban J connectivity index is 1.65. The van der Waals surface area contributed by atoms with E-state index in [1.807, 2.05) is 0 Å². The third-order valence-corrected chi connectivity index (χ3v) is 6.05. The third-order valence-electron chi connectivity index (χ3n) is 3.68. The van der Waals surface area contributed by atoms with Crippen molar-refractivity contribution in [2.45, 2.75) is 11.3 Å². The number of sulfonamides is 1. The molecule has 3 rings (SSSR count). The van der Waals surface area contributed by atoms with E-state index in [1.54, 1.807) is 17.5 Å². The van der Waals surface area contributed by atoms with Crippen molar-refractivity contribution in [3.05, 3.63) is 65.4 Å². The van der Waals surface area contributed by atoms with Gasteiger partial charge in [-0.05, 0) is 43.4 Å². The highest BCUT2D eigenvalue weighted by Gasteiger charge is 2.12. The van der Waals surface area contributed by atoms with Crippen LogP contribution in [0.2, 0.25) is 0 Å². The van der Waals surface area contributed by atoms with Crippen molar-refractivity contribution < 1.29 is 17.6 Å². The molecule has 0 saturated heterocycles. The lowest BCUT2D eigenvalue weighted by atomic mass is 10.2. The summed E-state index contributed by atoms with van der Waals surface area (Å²) in [7, 11) is -2.19. The van der Waals surface area contributed by atoms with Gasteiger partial charge in [-0.15, -0.1) is 11.3 Å². The minimum Gasteiger partial charge on any atom is -0.326 e. The molecule has 0 bridgehead atoms. The molecule has 1 amide bonds. The van der Waals surface area contributed by atoms with E-state index >= 15 is 0 Å².